The number of para-hydroxylation sites is 2. The van der Waals surface area contributed by atoms with Gasteiger partial charge in [-0.25, -0.2) is 4.98 Å². The highest BCUT2D eigenvalue weighted by Crippen LogP contribution is 2.34. The molecule has 5 heteroatoms. The van der Waals surface area contributed by atoms with Crippen LogP contribution in [0, 0.1) is 0 Å². The predicted octanol–water partition coefficient (Wildman–Crippen LogP) is 4.81. The smallest absolute Gasteiger partial charge is 0.227 e. The lowest BCUT2D eigenvalue weighted by molar-refractivity contribution is -0.117. The number of hydrogen-bond acceptors (Lipinski definition) is 3. The number of carbonyl (C=O) groups is 1. The highest BCUT2D eigenvalue weighted by Gasteiger charge is 2.35. The second kappa shape index (κ2) is 8.26. The van der Waals surface area contributed by atoms with Crippen molar-refractivity contribution in [2.75, 3.05) is 18.6 Å². The molecule has 5 rings (SSSR count). The molecule has 2 heterocycles. The van der Waals surface area contributed by atoms with Gasteiger partial charge >= 0.3 is 0 Å². The predicted molar refractivity (Wildman–Crippen MR) is 123 cm³/mol. The van der Waals surface area contributed by atoms with Crippen LogP contribution in [0.1, 0.15) is 23.7 Å². The molecule has 0 N–H and O–H groups in total. The normalized spacial score (nSPS) is 16.2. The Morgan fingerprint density at radius 3 is 2.65 bits per heavy atom. The van der Waals surface area contributed by atoms with Crippen molar-refractivity contribution >= 4 is 22.6 Å². The van der Waals surface area contributed by atoms with Gasteiger partial charge in [0.05, 0.1) is 18.1 Å². The van der Waals surface area contributed by atoms with E-state index in [2.05, 4.69) is 47.0 Å². The molecule has 1 aromatic heterocycles. The van der Waals surface area contributed by atoms with Crippen LogP contribution in [0.2, 0.25) is 0 Å². The molecule has 31 heavy (non-hydrogen) atoms. The fourth-order valence-electron chi connectivity index (χ4n) is 4.43. The number of rotatable bonds is 6. The first kappa shape index (κ1) is 19.4. The van der Waals surface area contributed by atoms with Gasteiger partial charge in [0.15, 0.2) is 0 Å². The number of hydrogen-bond donors (Lipinski definition) is 0. The van der Waals surface area contributed by atoms with Crippen LogP contribution < -0.4 is 9.64 Å². The summed E-state index contributed by atoms with van der Waals surface area (Å²) in [6.45, 7) is 1.46. The minimum atomic E-state index is 0.0573. The topological polar surface area (TPSA) is 47.4 Å². The first-order valence-electron chi connectivity index (χ1n) is 10.7. The van der Waals surface area contributed by atoms with Gasteiger partial charge in [0.25, 0.3) is 0 Å². The molecule has 0 unspecified atom stereocenters. The number of carbonyl (C=O) groups excluding carboxylic acids is 1. The number of ether oxygens (including phenoxy) is 1. The van der Waals surface area contributed by atoms with Crippen molar-refractivity contribution in [2.45, 2.75) is 25.3 Å². The molecule has 0 aliphatic carbocycles. The maximum Gasteiger partial charge on any atom is 0.227 e. The summed E-state index contributed by atoms with van der Waals surface area (Å²) in [6, 6.07) is 26.4. The number of amides is 1. The number of nitrogens with zero attached hydrogens (tertiary/aromatic N) is 3. The fraction of sp³-hybridized carbons (Fsp3) is 0.231. The lowest BCUT2D eigenvalue weighted by Gasteiger charge is -2.18. The van der Waals surface area contributed by atoms with Crippen LogP contribution in [0.25, 0.3) is 11.0 Å². The maximum atomic E-state index is 12.9. The van der Waals surface area contributed by atoms with Crippen molar-refractivity contribution in [3.8, 4) is 5.75 Å². The van der Waals surface area contributed by atoms with Crippen LogP contribution in [-0.2, 0) is 17.8 Å². The maximum absolute atomic E-state index is 12.9. The minimum Gasteiger partial charge on any atom is -0.497 e. The molecule has 3 aromatic carbocycles. The quantitative estimate of drug-likeness (QED) is 0.458. The molecule has 0 spiro atoms. The molecular formula is C26H25N3O2. The van der Waals surface area contributed by atoms with Crippen molar-refractivity contribution in [1.82, 2.24) is 9.55 Å². The van der Waals surface area contributed by atoms with Crippen LogP contribution in [-0.4, -0.2) is 29.1 Å². The van der Waals surface area contributed by atoms with E-state index < -0.39 is 0 Å². The van der Waals surface area contributed by atoms with Crippen LogP contribution in [0.3, 0.4) is 0 Å². The third-order valence-electron chi connectivity index (χ3n) is 6.01. The van der Waals surface area contributed by atoms with Crippen molar-refractivity contribution in [3.05, 3.63) is 90.3 Å². The van der Waals surface area contributed by atoms with E-state index in [-0.39, 0.29) is 11.8 Å². The summed E-state index contributed by atoms with van der Waals surface area (Å²) in [7, 11) is 1.64. The van der Waals surface area contributed by atoms with Gasteiger partial charge < -0.3 is 14.2 Å². The lowest BCUT2D eigenvalue weighted by atomic mass is 10.1. The fourth-order valence-corrected chi connectivity index (χ4v) is 4.43. The molecule has 156 valence electrons. The SMILES string of the molecule is COc1cccc(N2C[C@@H](c3nc4ccccc4n3CCc3ccccc3)CC2=O)c1. The molecule has 1 amide bonds. The Kier molecular flexibility index (Phi) is 5.16. The van der Waals surface area contributed by atoms with Gasteiger partial charge in [-0.2, -0.15) is 0 Å². The standard InChI is InChI=1S/C26H25N3O2/c1-31-22-11-7-10-21(17-22)29-18-20(16-25(29)30)26-27-23-12-5-6-13-24(23)28(26)15-14-19-8-3-2-4-9-19/h2-13,17,20H,14-16,18H2,1H3/t20-/m0/s1. The number of imidazole rings is 1. The molecule has 1 fully saturated rings. The molecule has 1 aliphatic heterocycles. The molecule has 0 radical (unpaired) electrons. The van der Waals surface area contributed by atoms with E-state index >= 15 is 0 Å². The Morgan fingerprint density at radius 1 is 1.00 bits per heavy atom. The van der Waals surface area contributed by atoms with Gasteiger partial charge in [0.1, 0.15) is 11.6 Å². The molecular weight excluding hydrogens is 386 g/mol. The molecule has 1 saturated heterocycles. The average Bonchev–Trinajstić information content (AvgIpc) is 3.39. The van der Waals surface area contributed by atoms with Crippen molar-refractivity contribution in [2.24, 2.45) is 0 Å². The zero-order chi connectivity index (χ0) is 21.2. The minimum absolute atomic E-state index is 0.0573. The highest BCUT2D eigenvalue weighted by atomic mass is 16.5. The van der Waals surface area contributed by atoms with Gasteiger partial charge in [-0.05, 0) is 36.2 Å². The summed E-state index contributed by atoms with van der Waals surface area (Å²) in [6.07, 6.45) is 1.39. The first-order chi connectivity index (χ1) is 15.2. The molecule has 1 aliphatic rings. The van der Waals surface area contributed by atoms with Gasteiger partial charge in [0.2, 0.25) is 5.91 Å². The Morgan fingerprint density at radius 2 is 1.81 bits per heavy atom. The van der Waals surface area contributed by atoms with Gasteiger partial charge in [-0.1, -0.05) is 48.5 Å². The zero-order valence-electron chi connectivity index (χ0n) is 17.6. The number of fused-ring (bicyclic) bond motifs is 1. The Labute approximate surface area is 181 Å². The Bertz CT molecular complexity index is 1220. The summed E-state index contributed by atoms with van der Waals surface area (Å²) in [5, 5.41) is 0. The number of aryl methyl sites for hydroxylation is 2. The molecule has 5 nitrogen and oxygen atoms in total. The van der Waals surface area contributed by atoms with Gasteiger partial charge in [0, 0.05) is 37.2 Å². The Balaban J connectivity index is 1.46. The van der Waals surface area contributed by atoms with Crippen molar-refractivity contribution in [1.29, 1.82) is 0 Å². The summed E-state index contributed by atoms with van der Waals surface area (Å²) in [4.78, 5) is 19.7. The largest absolute Gasteiger partial charge is 0.497 e. The van der Waals surface area contributed by atoms with Crippen molar-refractivity contribution < 1.29 is 9.53 Å². The third-order valence-corrected chi connectivity index (χ3v) is 6.01. The average molecular weight is 412 g/mol. The van der Waals surface area contributed by atoms with Gasteiger partial charge in [-0.3, -0.25) is 4.79 Å². The number of anilines is 1. The zero-order valence-corrected chi connectivity index (χ0v) is 17.6. The van der Waals surface area contributed by atoms with E-state index in [1.807, 2.05) is 41.3 Å². The summed E-state index contributed by atoms with van der Waals surface area (Å²) in [5.74, 6) is 1.93. The summed E-state index contributed by atoms with van der Waals surface area (Å²) < 4.78 is 7.64. The number of methoxy groups -OCH3 is 1. The van der Waals surface area contributed by atoms with Crippen molar-refractivity contribution in [3.63, 3.8) is 0 Å². The van der Waals surface area contributed by atoms with Crippen LogP contribution in [0.15, 0.2) is 78.9 Å². The molecule has 0 bridgehead atoms. The summed E-state index contributed by atoms with van der Waals surface area (Å²) in [5.41, 5.74) is 4.28. The second-order valence-corrected chi connectivity index (χ2v) is 7.95. The molecule has 4 aromatic rings. The number of benzene rings is 3. The summed E-state index contributed by atoms with van der Waals surface area (Å²) >= 11 is 0. The second-order valence-electron chi connectivity index (χ2n) is 7.95. The van der Waals surface area contributed by atoms with E-state index in [1.165, 1.54) is 5.56 Å². The van der Waals surface area contributed by atoms with E-state index in [0.717, 1.165) is 41.3 Å². The molecule has 0 saturated carbocycles. The molecule has 1 atom stereocenters. The van der Waals surface area contributed by atoms with E-state index in [9.17, 15) is 4.79 Å². The first-order valence-corrected chi connectivity index (χ1v) is 10.7. The lowest BCUT2D eigenvalue weighted by Crippen LogP contribution is -2.24. The van der Waals surface area contributed by atoms with Gasteiger partial charge in [-0.15, -0.1) is 0 Å². The van der Waals surface area contributed by atoms with Crippen LogP contribution >= 0.6 is 0 Å². The van der Waals surface area contributed by atoms with E-state index in [4.69, 9.17) is 9.72 Å². The van der Waals surface area contributed by atoms with E-state index in [1.54, 1.807) is 7.11 Å². The number of aromatic nitrogens is 2. The highest BCUT2D eigenvalue weighted by molar-refractivity contribution is 5.96. The van der Waals surface area contributed by atoms with Crippen LogP contribution in [0.5, 0.6) is 5.75 Å². The van der Waals surface area contributed by atoms with Crippen LogP contribution in [0.4, 0.5) is 5.69 Å². The third kappa shape index (κ3) is 3.79. The van der Waals surface area contributed by atoms with E-state index in [0.29, 0.717) is 13.0 Å². The Hall–Kier alpha value is -3.60. The monoisotopic (exact) mass is 411 g/mol.